The van der Waals surface area contributed by atoms with Crippen LogP contribution in [-0.2, 0) is 6.42 Å². The van der Waals surface area contributed by atoms with E-state index in [1.54, 1.807) is 0 Å². The van der Waals surface area contributed by atoms with Gasteiger partial charge in [-0.2, -0.15) is 0 Å². The fourth-order valence-corrected chi connectivity index (χ4v) is 6.52. The summed E-state index contributed by atoms with van der Waals surface area (Å²) in [6.45, 7) is 1.97. The average Bonchev–Trinajstić information content (AvgIpc) is 3.39. The van der Waals surface area contributed by atoms with Crippen LogP contribution in [0.3, 0.4) is 0 Å². The number of nitrogens with two attached hydrogens (primary N) is 2. The first kappa shape index (κ1) is 21.4. The Kier molecular flexibility index (Phi) is 4.66. The van der Waals surface area contributed by atoms with Crippen LogP contribution in [0.5, 0.6) is 0 Å². The third-order valence-electron chi connectivity index (χ3n) is 8.29. The number of pyridine rings is 1. The summed E-state index contributed by atoms with van der Waals surface area (Å²) in [4.78, 5) is 13.1. The molecular formula is C25H29BN6O2. The number of nitrogen functional groups attached to an aromatic ring is 2. The maximum atomic E-state index is 11.6. The summed E-state index contributed by atoms with van der Waals surface area (Å²) in [7, 11) is 1.96. The Bertz CT molecular complexity index is 1440. The quantitative estimate of drug-likeness (QED) is 0.338. The van der Waals surface area contributed by atoms with Crippen molar-refractivity contribution >= 4 is 46.9 Å². The van der Waals surface area contributed by atoms with Crippen LogP contribution in [0.15, 0.2) is 36.8 Å². The number of aliphatic hydroxyl groups excluding tert-OH is 1. The molecule has 1 aromatic carbocycles. The fraction of sp³-hybridized carbons (Fsp3) is 0.400. The van der Waals surface area contributed by atoms with Gasteiger partial charge in [0, 0.05) is 6.20 Å². The zero-order chi connectivity index (χ0) is 23.8. The number of benzene rings is 1. The summed E-state index contributed by atoms with van der Waals surface area (Å²) in [6.07, 6.45) is 5.56. The summed E-state index contributed by atoms with van der Waals surface area (Å²) in [5.41, 5.74) is 15.8. The van der Waals surface area contributed by atoms with Gasteiger partial charge in [0.1, 0.15) is 37.6 Å². The molecule has 174 valence electrons. The Morgan fingerprint density at radius 3 is 2.85 bits per heavy atom. The number of fused-ring (bicyclic) bond motifs is 3. The van der Waals surface area contributed by atoms with Gasteiger partial charge in [-0.25, -0.2) is 15.0 Å². The Morgan fingerprint density at radius 2 is 2.03 bits per heavy atom. The number of nitrogens with zero attached hydrogens (tertiary/aromatic N) is 4. The molecule has 2 fully saturated rings. The molecule has 0 radical (unpaired) electrons. The van der Waals surface area contributed by atoms with Gasteiger partial charge in [-0.15, -0.1) is 0 Å². The minimum Gasteiger partial charge on any atom is -0.388 e. The SMILES string of the molecule is Bc1cc2ccc(C[C@@H]3CC[C@@]4(O)[C@@H]3C[C@@H](n3cc(C)c5c(N)ncnc53)[C@@H]4O)cc2nc1N. The predicted octanol–water partition coefficient (Wildman–Crippen LogP) is 1.02. The molecule has 6 rings (SSSR count). The molecule has 8 nitrogen and oxygen atoms in total. The van der Waals surface area contributed by atoms with Crippen LogP contribution in [0.4, 0.5) is 11.6 Å². The molecule has 0 bridgehead atoms. The molecule has 3 heterocycles. The van der Waals surface area contributed by atoms with Gasteiger partial charge < -0.3 is 26.2 Å². The summed E-state index contributed by atoms with van der Waals surface area (Å²) in [5.74, 6) is 1.26. The molecule has 34 heavy (non-hydrogen) atoms. The molecule has 2 aliphatic carbocycles. The van der Waals surface area contributed by atoms with Gasteiger partial charge in [0.2, 0.25) is 0 Å². The number of aryl methyl sites for hydroxylation is 1. The van der Waals surface area contributed by atoms with Crippen LogP contribution >= 0.6 is 0 Å². The van der Waals surface area contributed by atoms with Gasteiger partial charge >= 0.3 is 0 Å². The second-order valence-corrected chi connectivity index (χ2v) is 10.2. The van der Waals surface area contributed by atoms with E-state index in [0.717, 1.165) is 40.2 Å². The van der Waals surface area contributed by atoms with Gasteiger partial charge in [-0.05, 0) is 72.5 Å². The minimum absolute atomic E-state index is 0.00353. The van der Waals surface area contributed by atoms with E-state index < -0.39 is 11.7 Å². The lowest BCUT2D eigenvalue weighted by Crippen LogP contribution is -2.42. The number of aliphatic hydroxyl groups is 2. The number of rotatable bonds is 3. The highest BCUT2D eigenvalue weighted by Crippen LogP contribution is 2.55. The molecule has 6 N–H and O–H groups in total. The molecule has 0 unspecified atom stereocenters. The minimum atomic E-state index is -1.10. The van der Waals surface area contributed by atoms with Crippen molar-refractivity contribution in [2.45, 2.75) is 50.4 Å². The molecule has 2 saturated carbocycles. The Labute approximate surface area is 198 Å². The van der Waals surface area contributed by atoms with Gasteiger partial charge in [-0.3, -0.25) is 0 Å². The van der Waals surface area contributed by atoms with Crippen molar-refractivity contribution < 1.29 is 10.2 Å². The molecule has 5 atom stereocenters. The lowest BCUT2D eigenvalue weighted by atomic mass is 9.84. The van der Waals surface area contributed by atoms with Crippen molar-refractivity contribution in [2.24, 2.45) is 11.8 Å². The van der Waals surface area contributed by atoms with Crippen LogP contribution in [-0.4, -0.2) is 49.3 Å². The molecule has 0 amide bonds. The summed E-state index contributed by atoms with van der Waals surface area (Å²) < 4.78 is 1.99. The summed E-state index contributed by atoms with van der Waals surface area (Å²) in [6, 6.07) is 8.14. The molecule has 3 aromatic heterocycles. The standard InChI is InChI=1S/C25H29BN6O2/c1-12-10-32(24-20(12)23(28)29-11-30-24)19-9-16-14(4-5-25(16,34)21(19)33)6-13-2-3-15-8-17(26)22(27)31-18(15)7-13/h2-3,7-8,10-11,14,16,19,21,33-34H,4-6,9,26H2,1H3,(H2,27,31)(H2,28,29,30)/t14-,16+,19+,21-,25+/m0/s1. The lowest BCUT2D eigenvalue weighted by molar-refractivity contribution is -0.0799. The maximum absolute atomic E-state index is 11.6. The second kappa shape index (κ2) is 7.42. The monoisotopic (exact) mass is 456 g/mol. The van der Waals surface area contributed by atoms with Crippen LogP contribution in [0.2, 0.25) is 0 Å². The highest BCUT2D eigenvalue weighted by Gasteiger charge is 2.59. The first-order chi connectivity index (χ1) is 16.3. The highest BCUT2D eigenvalue weighted by molar-refractivity contribution is 6.36. The Morgan fingerprint density at radius 1 is 1.21 bits per heavy atom. The van der Waals surface area contributed by atoms with Crippen LogP contribution in [0.1, 0.15) is 36.4 Å². The second-order valence-electron chi connectivity index (χ2n) is 10.2. The Balaban J connectivity index is 1.31. The zero-order valence-corrected chi connectivity index (χ0v) is 19.4. The van der Waals surface area contributed by atoms with Crippen molar-refractivity contribution in [2.75, 3.05) is 11.5 Å². The first-order valence-electron chi connectivity index (χ1n) is 11.9. The zero-order valence-electron chi connectivity index (χ0n) is 19.4. The van der Waals surface area contributed by atoms with E-state index in [1.807, 2.05) is 25.5 Å². The molecular weight excluding hydrogens is 427 g/mol. The van der Waals surface area contributed by atoms with Gasteiger partial charge in [0.15, 0.2) is 0 Å². The maximum Gasteiger partial charge on any atom is 0.146 e. The summed E-state index contributed by atoms with van der Waals surface area (Å²) in [5, 5.41) is 24.8. The van der Waals surface area contributed by atoms with Crippen molar-refractivity contribution in [3.05, 3.63) is 47.9 Å². The van der Waals surface area contributed by atoms with Crippen LogP contribution in [0, 0.1) is 18.8 Å². The van der Waals surface area contributed by atoms with Crippen molar-refractivity contribution in [3.63, 3.8) is 0 Å². The van der Waals surface area contributed by atoms with Crippen molar-refractivity contribution in [3.8, 4) is 0 Å². The van der Waals surface area contributed by atoms with E-state index >= 15 is 0 Å². The normalized spacial score (nSPS) is 28.7. The fourth-order valence-electron chi connectivity index (χ4n) is 6.52. The van der Waals surface area contributed by atoms with Crippen LogP contribution in [0.25, 0.3) is 21.9 Å². The van der Waals surface area contributed by atoms with E-state index in [1.165, 1.54) is 11.9 Å². The predicted molar refractivity (Wildman–Crippen MR) is 136 cm³/mol. The van der Waals surface area contributed by atoms with E-state index in [0.29, 0.717) is 30.1 Å². The average molecular weight is 456 g/mol. The number of hydrogen-bond donors (Lipinski definition) is 4. The van der Waals surface area contributed by atoms with Gasteiger partial charge in [0.25, 0.3) is 0 Å². The van der Waals surface area contributed by atoms with Gasteiger partial charge in [0.05, 0.1) is 22.5 Å². The molecule has 0 aliphatic heterocycles. The molecule has 4 aromatic rings. The van der Waals surface area contributed by atoms with E-state index in [2.05, 4.69) is 39.2 Å². The third-order valence-corrected chi connectivity index (χ3v) is 8.29. The molecule has 2 aliphatic rings. The van der Waals surface area contributed by atoms with Crippen molar-refractivity contribution in [1.82, 2.24) is 19.5 Å². The van der Waals surface area contributed by atoms with E-state index in [9.17, 15) is 10.2 Å². The number of hydrogen-bond acceptors (Lipinski definition) is 7. The third kappa shape index (κ3) is 3.03. The van der Waals surface area contributed by atoms with E-state index in [4.69, 9.17) is 11.5 Å². The highest BCUT2D eigenvalue weighted by atomic mass is 16.3. The van der Waals surface area contributed by atoms with Crippen LogP contribution < -0.4 is 16.9 Å². The Hall–Kier alpha value is -3.17. The molecule has 0 spiro atoms. The number of aromatic nitrogens is 4. The largest absolute Gasteiger partial charge is 0.388 e. The summed E-state index contributed by atoms with van der Waals surface area (Å²) >= 11 is 0. The topological polar surface area (TPSA) is 136 Å². The molecule has 0 saturated heterocycles. The van der Waals surface area contributed by atoms with Gasteiger partial charge in [-0.1, -0.05) is 18.2 Å². The number of anilines is 2. The molecule has 9 heteroatoms. The smallest absolute Gasteiger partial charge is 0.146 e. The first-order valence-corrected chi connectivity index (χ1v) is 11.9. The van der Waals surface area contributed by atoms with E-state index in [-0.39, 0.29) is 17.9 Å². The van der Waals surface area contributed by atoms with Crippen molar-refractivity contribution in [1.29, 1.82) is 0 Å². The lowest BCUT2D eigenvalue weighted by Gasteiger charge is -2.29.